The zero-order valence-corrected chi connectivity index (χ0v) is 16.9. The van der Waals surface area contributed by atoms with Crippen molar-refractivity contribution in [3.8, 4) is 0 Å². The Bertz CT molecular complexity index is 1160. The predicted molar refractivity (Wildman–Crippen MR) is 110 cm³/mol. The number of anilines is 2. The summed E-state index contributed by atoms with van der Waals surface area (Å²) >= 11 is 0. The minimum atomic E-state index is -0.862. The first-order chi connectivity index (χ1) is 14.8. The zero-order valence-electron chi connectivity index (χ0n) is 16.9. The maximum absolute atomic E-state index is 14.4. The maximum atomic E-state index is 14.4. The molecule has 3 aromatic rings. The standard InChI is InChI=1S/C21H22F2N6O2/c1-21(31)11-27(12-21)20(30)25-19-10-24-17-6-7-18(26-29(17)19)28-8-2-3-16(28)14-9-13(22)4-5-15(14)23/h4-7,9-10,16,31H,2-3,8,11-12H2,1H3,(H,25,30)/t16-/m1/s1. The molecule has 0 aliphatic carbocycles. The molecule has 0 bridgehead atoms. The van der Waals surface area contributed by atoms with E-state index in [0.717, 1.165) is 18.6 Å². The first-order valence-corrected chi connectivity index (χ1v) is 10.2. The normalized spacial score (nSPS) is 20.2. The van der Waals surface area contributed by atoms with Crippen LogP contribution in [0.5, 0.6) is 0 Å². The molecule has 10 heteroatoms. The zero-order chi connectivity index (χ0) is 21.8. The largest absolute Gasteiger partial charge is 0.386 e. The van der Waals surface area contributed by atoms with Crippen molar-refractivity contribution in [3.63, 3.8) is 0 Å². The molecule has 5 rings (SSSR count). The molecule has 0 unspecified atom stereocenters. The van der Waals surface area contributed by atoms with Gasteiger partial charge in [0.1, 0.15) is 17.5 Å². The summed E-state index contributed by atoms with van der Waals surface area (Å²) in [5, 5.41) is 17.2. The van der Waals surface area contributed by atoms with Gasteiger partial charge in [0, 0.05) is 12.1 Å². The van der Waals surface area contributed by atoms with Crippen LogP contribution < -0.4 is 10.2 Å². The van der Waals surface area contributed by atoms with E-state index in [1.165, 1.54) is 21.7 Å². The van der Waals surface area contributed by atoms with Gasteiger partial charge in [-0.05, 0) is 50.1 Å². The van der Waals surface area contributed by atoms with E-state index in [0.29, 0.717) is 35.8 Å². The fourth-order valence-corrected chi connectivity index (χ4v) is 4.34. The number of hydrogen-bond acceptors (Lipinski definition) is 5. The van der Waals surface area contributed by atoms with Crippen LogP contribution in [0.25, 0.3) is 5.65 Å². The van der Waals surface area contributed by atoms with Crippen molar-refractivity contribution in [3.05, 3.63) is 53.7 Å². The maximum Gasteiger partial charge on any atom is 0.323 e. The number of nitrogens with zero attached hydrogens (tertiary/aromatic N) is 5. The van der Waals surface area contributed by atoms with Gasteiger partial charge in [-0.15, -0.1) is 5.10 Å². The van der Waals surface area contributed by atoms with Gasteiger partial charge < -0.3 is 14.9 Å². The summed E-state index contributed by atoms with van der Waals surface area (Å²) in [7, 11) is 0. The Labute approximate surface area is 177 Å². The number of rotatable bonds is 3. The molecule has 1 aromatic carbocycles. The Balaban J connectivity index is 1.42. The van der Waals surface area contributed by atoms with Gasteiger partial charge in [-0.2, -0.15) is 4.52 Å². The number of aliphatic hydroxyl groups is 1. The highest BCUT2D eigenvalue weighted by Gasteiger charge is 2.39. The number of urea groups is 1. The lowest BCUT2D eigenvalue weighted by atomic mass is 9.98. The van der Waals surface area contributed by atoms with Crippen LogP contribution in [-0.4, -0.2) is 55.9 Å². The molecule has 4 heterocycles. The highest BCUT2D eigenvalue weighted by atomic mass is 19.1. The number of aromatic nitrogens is 3. The average Bonchev–Trinajstić information content (AvgIpc) is 3.35. The summed E-state index contributed by atoms with van der Waals surface area (Å²) in [6.07, 6.45) is 3.01. The Morgan fingerprint density at radius 2 is 2.06 bits per heavy atom. The van der Waals surface area contributed by atoms with Crippen molar-refractivity contribution in [1.29, 1.82) is 0 Å². The molecule has 1 atom stereocenters. The van der Waals surface area contributed by atoms with Crippen LogP contribution in [0, 0.1) is 11.6 Å². The van der Waals surface area contributed by atoms with Crippen LogP contribution in [0.15, 0.2) is 36.5 Å². The van der Waals surface area contributed by atoms with Gasteiger partial charge >= 0.3 is 6.03 Å². The van der Waals surface area contributed by atoms with E-state index in [1.54, 1.807) is 19.1 Å². The van der Waals surface area contributed by atoms with Crippen molar-refractivity contribution >= 4 is 23.3 Å². The quantitative estimate of drug-likeness (QED) is 0.670. The molecule has 0 spiro atoms. The molecular formula is C21H22F2N6O2. The lowest BCUT2D eigenvalue weighted by Gasteiger charge is -2.43. The van der Waals surface area contributed by atoms with Gasteiger partial charge in [0.25, 0.3) is 0 Å². The number of fused-ring (bicyclic) bond motifs is 1. The van der Waals surface area contributed by atoms with Crippen molar-refractivity contribution < 1.29 is 18.7 Å². The fourth-order valence-electron chi connectivity index (χ4n) is 4.34. The predicted octanol–water partition coefficient (Wildman–Crippen LogP) is 2.95. The first kappa shape index (κ1) is 19.7. The van der Waals surface area contributed by atoms with Crippen LogP contribution in [-0.2, 0) is 0 Å². The second-order valence-corrected chi connectivity index (χ2v) is 8.41. The molecule has 0 saturated carbocycles. The van der Waals surface area contributed by atoms with Crippen LogP contribution in [0.2, 0.25) is 0 Å². The minimum absolute atomic E-state index is 0.253. The average molecular weight is 428 g/mol. The summed E-state index contributed by atoms with van der Waals surface area (Å²) in [6, 6.07) is 6.38. The van der Waals surface area contributed by atoms with Crippen molar-refractivity contribution in [1.82, 2.24) is 19.5 Å². The third kappa shape index (κ3) is 3.56. The number of carbonyl (C=O) groups excluding carboxylic acids is 1. The highest BCUT2D eigenvalue weighted by molar-refractivity contribution is 5.89. The summed E-state index contributed by atoms with van der Waals surface area (Å²) < 4.78 is 29.7. The fraction of sp³-hybridized carbons (Fsp3) is 0.381. The molecule has 162 valence electrons. The summed E-state index contributed by atoms with van der Waals surface area (Å²) in [5.74, 6) is 0.0525. The van der Waals surface area contributed by atoms with E-state index in [-0.39, 0.29) is 25.2 Å². The van der Waals surface area contributed by atoms with Crippen LogP contribution >= 0.6 is 0 Å². The summed E-state index contributed by atoms with van der Waals surface area (Å²) in [6.45, 7) is 2.83. The lowest BCUT2D eigenvalue weighted by molar-refractivity contribution is -0.0582. The van der Waals surface area contributed by atoms with E-state index >= 15 is 0 Å². The number of β-amino-alcohol motifs (C(OH)–C–C–N with tert-alkyl or cyclic N) is 1. The van der Waals surface area contributed by atoms with E-state index < -0.39 is 17.2 Å². The van der Waals surface area contributed by atoms with E-state index in [9.17, 15) is 18.7 Å². The molecule has 2 aliphatic heterocycles. The number of hydrogen-bond donors (Lipinski definition) is 2. The number of likely N-dealkylation sites (tertiary alicyclic amines) is 1. The van der Waals surface area contributed by atoms with Gasteiger partial charge in [0.2, 0.25) is 0 Å². The Hall–Kier alpha value is -3.27. The van der Waals surface area contributed by atoms with Crippen molar-refractivity contribution in [2.24, 2.45) is 0 Å². The second-order valence-electron chi connectivity index (χ2n) is 8.41. The van der Waals surface area contributed by atoms with Gasteiger partial charge in [0.05, 0.1) is 30.9 Å². The molecule has 2 saturated heterocycles. The molecule has 2 N–H and O–H groups in total. The molecule has 0 radical (unpaired) electrons. The number of halogens is 2. The van der Waals surface area contributed by atoms with Crippen molar-refractivity contribution in [2.45, 2.75) is 31.4 Å². The molecular weight excluding hydrogens is 406 g/mol. The Morgan fingerprint density at radius 3 is 2.84 bits per heavy atom. The number of imidazole rings is 1. The van der Waals surface area contributed by atoms with E-state index in [4.69, 9.17) is 0 Å². The Kier molecular flexibility index (Phi) is 4.54. The van der Waals surface area contributed by atoms with E-state index in [2.05, 4.69) is 15.4 Å². The Morgan fingerprint density at radius 1 is 1.26 bits per heavy atom. The number of carbonyl (C=O) groups is 1. The topological polar surface area (TPSA) is 86.0 Å². The monoisotopic (exact) mass is 428 g/mol. The molecule has 2 fully saturated rings. The number of nitrogens with one attached hydrogen (secondary N) is 1. The first-order valence-electron chi connectivity index (χ1n) is 10.2. The van der Waals surface area contributed by atoms with Gasteiger partial charge in [0.15, 0.2) is 11.5 Å². The molecule has 2 aromatic heterocycles. The summed E-state index contributed by atoms with van der Waals surface area (Å²) in [4.78, 5) is 20.1. The summed E-state index contributed by atoms with van der Waals surface area (Å²) in [5.41, 5.74) is -0.00938. The van der Waals surface area contributed by atoms with Crippen molar-refractivity contribution in [2.75, 3.05) is 29.9 Å². The van der Waals surface area contributed by atoms with Gasteiger partial charge in [-0.25, -0.2) is 18.6 Å². The molecule has 2 amide bonds. The second kappa shape index (κ2) is 7.16. The van der Waals surface area contributed by atoms with Gasteiger partial charge in [-0.1, -0.05) is 0 Å². The van der Waals surface area contributed by atoms with Gasteiger partial charge in [-0.3, -0.25) is 5.32 Å². The van der Waals surface area contributed by atoms with Crippen LogP contribution in [0.4, 0.5) is 25.2 Å². The number of benzene rings is 1. The SMILES string of the molecule is CC1(O)CN(C(=O)Nc2cnc3ccc(N4CCC[C@@H]4c4cc(F)ccc4F)nn23)C1. The number of amides is 2. The highest BCUT2D eigenvalue weighted by Crippen LogP contribution is 2.36. The lowest BCUT2D eigenvalue weighted by Crippen LogP contribution is -2.62. The smallest absolute Gasteiger partial charge is 0.323 e. The van der Waals surface area contributed by atoms with Crippen LogP contribution in [0.3, 0.4) is 0 Å². The molecule has 8 nitrogen and oxygen atoms in total. The van der Waals surface area contributed by atoms with E-state index in [1.807, 2.05) is 4.90 Å². The molecule has 31 heavy (non-hydrogen) atoms. The van der Waals surface area contributed by atoms with Crippen LogP contribution in [0.1, 0.15) is 31.4 Å². The third-order valence-electron chi connectivity index (χ3n) is 5.80. The minimum Gasteiger partial charge on any atom is -0.386 e. The molecule has 2 aliphatic rings. The third-order valence-corrected chi connectivity index (χ3v) is 5.80.